The molecule has 0 bridgehead atoms. The topological polar surface area (TPSA) is 38.0 Å². The molecule has 0 fully saturated rings. The van der Waals surface area contributed by atoms with Gasteiger partial charge >= 0.3 is 0 Å². The van der Waals surface area contributed by atoms with Crippen molar-refractivity contribution in [1.82, 2.24) is 5.32 Å². The summed E-state index contributed by atoms with van der Waals surface area (Å²) in [5.41, 5.74) is 9.58. The second-order valence-corrected chi connectivity index (χ2v) is 4.79. The lowest BCUT2D eigenvalue weighted by molar-refractivity contribution is 0.421. The maximum Gasteiger partial charge on any atom is 0.0316 e. The fourth-order valence-electron chi connectivity index (χ4n) is 2.39. The van der Waals surface area contributed by atoms with Gasteiger partial charge in [-0.2, -0.15) is 0 Å². The van der Waals surface area contributed by atoms with Gasteiger partial charge < -0.3 is 11.1 Å². The molecule has 2 rings (SSSR count). The van der Waals surface area contributed by atoms with Crippen LogP contribution in [0.1, 0.15) is 31.4 Å². The maximum absolute atomic E-state index is 5.78. The molecule has 3 N–H and O–H groups in total. The number of nitrogen functional groups attached to an aromatic ring is 1. The number of rotatable bonds is 2. The number of aryl methyl sites for hydroxylation is 1. The number of anilines is 1. The third-order valence-electron chi connectivity index (χ3n) is 3.03. The Bertz CT molecular complexity index is 344. The minimum absolute atomic E-state index is 0.574. The third kappa shape index (κ3) is 2.51. The van der Waals surface area contributed by atoms with Crippen LogP contribution in [0, 0.1) is 0 Å². The zero-order valence-electron chi connectivity index (χ0n) is 9.59. The summed E-state index contributed by atoms with van der Waals surface area (Å²) in [5, 5.41) is 3.61. The summed E-state index contributed by atoms with van der Waals surface area (Å²) in [6, 6.07) is 7.53. The molecule has 82 valence electrons. The summed E-state index contributed by atoms with van der Waals surface area (Å²) < 4.78 is 0. The van der Waals surface area contributed by atoms with Crippen LogP contribution in [0.3, 0.4) is 0 Å². The van der Waals surface area contributed by atoms with Gasteiger partial charge in [0.05, 0.1) is 0 Å². The fraction of sp³-hybridized carbons (Fsp3) is 0.538. The van der Waals surface area contributed by atoms with Crippen molar-refractivity contribution >= 4 is 5.69 Å². The molecule has 1 aliphatic carbocycles. The normalized spacial score (nSPS) is 20.3. The van der Waals surface area contributed by atoms with E-state index in [2.05, 4.69) is 31.3 Å². The van der Waals surface area contributed by atoms with Gasteiger partial charge in [0.15, 0.2) is 0 Å². The van der Waals surface area contributed by atoms with Gasteiger partial charge in [-0.3, -0.25) is 0 Å². The average molecular weight is 204 g/mol. The number of nitrogens with one attached hydrogen (secondary N) is 1. The van der Waals surface area contributed by atoms with Gasteiger partial charge in [-0.1, -0.05) is 19.9 Å². The van der Waals surface area contributed by atoms with Gasteiger partial charge in [-0.05, 0) is 42.5 Å². The van der Waals surface area contributed by atoms with Crippen molar-refractivity contribution in [2.75, 3.05) is 5.73 Å². The van der Waals surface area contributed by atoms with Gasteiger partial charge in [0, 0.05) is 17.8 Å². The first-order valence-electron chi connectivity index (χ1n) is 5.78. The third-order valence-corrected chi connectivity index (χ3v) is 3.03. The quantitative estimate of drug-likeness (QED) is 0.724. The van der Waals surface area contributed by atoms with Crippen LogP contribution in [0.15, 0.2) is 18.2 Å². The van der Waals surface area contributed by atoms with Crippen molar-refractivity contribution in [2.24, 2.45) is 0 Å². The predicted octanol–water partition coefficient (Wildman–Crippen LogP) is 2.12. The summed E-state index contributed by atoms with van der Waals surface area (Å²) in [6.07, 6.45) is 3.53. The highest BCUT2D eigenvalue weighted by molar-refractivity contribution is 5.46. The molecule has 1 aliphatic rings. The van der Waals surface area contributed by atoms with Crippen molar-refractivity contribution in [3.63, 3.8) is 0 Å². The highest BCUT2D eigenvalue weighted by Gasteiger charge is 2.18. The van der Waals surface area contributed by atoms with E-state index in [1.54, 1.807) is 0 Å². The van der Waals surface area contributed by atoms with E-state index in [0.29, 0.717) is 12.1 Å². The van der Waals surface area contributed by atoms with Crippen molar-refractivity contribution < 1.29 is 0 Å². The molecular weight excluding hydrogens is 184 g/mol. The Hall–Kier alpha value is -1.02. The highest BCUT2D eigenvalue weighted by atomic mass is 14.9. The van der Waals surface area contributed by atoms with Gasteiger partial charge in [0.2, 0.25) is 0 Å². The number of nitrogens with two attached hydrogens (primary N) is 1. The molecule has 2 nitrogen and oxygen atoms in total. The van der Waals surface area contributed by atoms with E-state index in [0.717, 1.165) is 18.5 Å². The summed E-state index contributed by atoms with van der Waals surface area (Å²) in [4.78, 5) is 0. The second-order valence-electron chi connectivity index (χ2n) is 4.79. The fourth-order valence-corrected chi connectivity index (χ4v) is 2.39. The summed E-state index contributed by atoms with van der Waals surface area (Å²) in [6.45, 7) is 4.41. The van der Waals surface area contributed by atoms with Crippen LogP contribution in [-0.4, -0.2) is 12.1 Å². The van der Waals surface area contributed by atoms with Crippen LogP contribution < -0.4 is 11.1 Å². The van der Waals surface area contributed by atoms with Crippen molar-refractivity contribution in [3.8, 4) is 0 Å². The molecule has 1 atom stereocenters. The molecule has 1 aromatic rings. The zero-order chi connectivity index (χ0) is 10.8. The standard InChI is InChI=1S/C13H20N2/c1-9(2)15-13-6-4-10-7-12(14)5-3-11(10)8-13/h3,5,7,9,13,15H,4,6,8,14H2,1-2H3. The predicted molar refractivity (Wildman–Crippen MR) is 64.9 cm³/mol. The van der Waals surface area contributed by atoms with Crippen molar-refractivity contribution in [3.05, 3.63) is 29.3 Å². The molecule has 0 spiro atoms. The Kier molecular flexibility index (Phi) is 2.96. The lowest BCUT2D eigenvalue weighted by Gasteiger charge is -2.27. The lowest BCUT2D eigenvalue weighted by Crippen LogP contribution is -2.38. The van der Waals surface area contributed by atoms with Crippen LogP contribution in [0.5, 0.6) is 0 Å². The number of fused-ring (bicyclic) bond motifs is 1. The molecule has 0 heterocycles. The first-order chi connectivity index (χ1) is 7.15. The van der Waals surface area contributed by atoms with Crippen LogP contribution >= 0.6 is 0 Å². The van der Waals surface area contributed by atoms with Crippen molar-refractivity contribution in [1.29, 1.82) is 0 Å². The molecule has 0 aromatic heterocycles. The minimum Gasteiger partial charge on any atom is -0.399 e. The van der Waals surface area contributed by atoms with E-state index in [-0.39, 0.29) is 0 Å². The maximum atomic E-state index is 5.78. The van der Waals surface area contributed by atoms with E-state index in [9.17, 15) is 0 Å². The van der Waals surface area contributed by atoms with E-state index < -0.39 is 0 Å². The van der Waals surface area contributed by atoms with E-state index in [4.69, 9.17) is 5.73 Å². The number of hydrogen-bond acceptors (Lipinski definition) is 2. The van der Waals surface area contributed by atoms with Crippen LogP contribution in [-0.2, 0) is 12.8 Å². The minimum atomic E-state index is 0.574. The van der Waals surface area contributed by atoms with Gasteiger partial charge in [-0.25, -0.2) is 0 Å². The van der Waals surface area contributed by atoms with Crippen molar-refractivity contribution in [2.45, 2.75) is 45.2 Å². The molecule has 1 aromatic carbocycles. The molecule has 2 heteroatoms. The Morgan fingerprint density at radius 3 is 2.87 bits per heavy atom. The summed E-state index contributed by atoms with van der Waals surface area (Å²) >= 11 is 0. The largest absolute Gasteiger partial charge is 0.399 e. The Balaban J connectivity index is 2.10. The van der Waals surface area contributed by atoms with Crippen LogP contribution in [0.2, 0.25) is 0 Å². The summed E-state index contributed by atoms with van der Waals surface area (Å²) in [5.74, 6) is 0. The number of hydrogen-bond donors (Lipinski definition) is 2. The van der Waals surface area contributed by atoms with E-state index in [1.165, 1.54) is 17.5 Å². The molecule has 15 heavy (non-hydrogen) atoms. The molecule has 0 saturated heterocycles. The van der Waals surface area contributed by atoms with E-state index >= 15 is 0 Å². The molecule has 0 radical (unpaired) electrons. The van der Waals surface area contributed by atoms with Gasteiger partial charge in [0.1, 0.15) is 0 Å². The molecule has 0 saturated carbocycles. The zero-order valence-corrected chi connectivity index (χ0v) is 9.59. The lowest BCUT2D eigenvalue weighted by atomic mass is 9.88. The molecule has 0 aliphatic heterocycles. The van der Waals surface area contributed by atoms with Gasteiger partial charge in [-0.15, -0.1) is 0 Å². The number of benzene rings is 1. The second kappa shape index (κ2) is 4.23. The monoisotopic (exact) mass is 204 g/mol. The van der Waals surface area contributed by atoms with Crippen LogP contribution in [0.4, 0.5) is 5.69 Å². The first kappa shape index (κ1) is 10.5. The smallest absolute Gasteiger partial charge is 0.0316 e. The molecular formula is C13H20N2. The Morgan fingerprint density at radius 2 is 2.13 bits per heavy atom. The highest BCUT2D eigenvalue weighted by Crippen LogP contribution is 2.23. The molecule has 1 unspecified atom stereocenters. The van der Waals surface area contributed by atoms with E-state index in [1.807, 2.05) is 6.07 Å². The Morgan fingerprint density at radius 1 is 1.33 bits per heavy atom. The van der Waals surface area contributed by atoms with Gasteiger partial charge in [0.25, 0.3) is 0 Å². The first-order valence-corrected chi connectivity index (χ1v) is 5.78. The Labute approximate surface area is 91.9 Å². The SMILES string of the molecule is CC(C)NC1CCc2cc(N)ccc2C1. The molecule has 0 amide bonds. The average Bonchev–Trinajstić information content (AvgIpc) is 2.17. The summed E-state index contributed by atoms with van der Waals surface area (Å²) in [7, 11) is 0. The van der Waals surface area contributed by atoms with Crippen LogP contribution in [0.25, 0.3) is 0 Å².